The fourth-order valence-electron chi connectivity index (χ4n) is 3.30. The predicted molar refractivity (Wildman–Crippen MR) is 102 cm³/mol. The van der Waals surface area contributed by atoms with Gasteiger partial charge in [0.15, 0.2) is 0 Å². The first-order chi connectivity index (χ1) is 12.1. The first-order valence-corrected chi connectivity index (χ1v) is 8.75. The SMILES string of the molecule is CC(=O)N1C(C)C(=O)N(c2ccc(CC(NC(C)=S)C(=O)O)cc2)C1C. The molecule has 7 nitrogen and oxygen atoms in total. The van der Waals surface area contributed by atoms with Crippen LogP contribution in [0.3, 0.4) is 0 Å². The Kier molecular flexibility index (Phi) is 5.97. The highest BCUT2D eigenvalue weighted by atomic mass is 32.1. The van der Waals surface area contributed by atoms with E-state index in [-0.39, 0.29) is 24.4 Å². The van der Waals surface area contributed by atoms with Crippen LogP contribution in [0.25, 0.3) is 0 Å². The molecule has 0 aromatic heterocycles. The lowest BCUT2D eigenvalue weighted by molar-refractivity contribution is -0.139. The van der Waals surface area contributed by atoms with Crippen LogP contribution in [0.4, 0.5) is 5.69 Å². The Labute approximate surface area is 158 Å². The number of nitrogens with zero attached hydrogens (tertiary/aromatic N) is 2. The summed E-state index contributed by atoms with van der Waals surface area (Å²) < 4.78 is 0. The van der Waals surface area contributed by atoms with Gasteiger partial charge < -0.3 is 15.3 Å². The van der Waals surface area contributed by atoms with Crippen molar-refractivity contribution in [2.75, 3.05) is 4.90 Å². The van der Waals surface area contributed by atoms with Gasteiger partial charge >= 0.3 is 5.97 Å². The third-order valence-electron chi connectivity index (χ3n) is 4.48. The average molecular weight is 377 g/mol. The first kappa shape index (κ1) is 19.8. The number of carbonyl (C=O) groups excluding carboxylic acids is 2. The Hall–Kier alpha value is -2.48. The normalized spacial score (nSPS) is 20.8. The van der Waals surface area contributed by atoms with E-state index >= 15 is 0 Å². The number of aliphatic carboxylic acids is 1. The van der Waals surface area contributed by atoms with E-state index in [0.29, 0.717) is 10.7 Å². The molecule has 1 fully saturated rings. The monoisotopic (exact) mass is 377 g/mol. The second-order valence-corrected chi connectivity index (χ2v) is 7.02. The molecule has 0 aliphatic carbocycles. The molecule has 26 heavy (non-hydrogen) atoms. The summed E-state index contributed by atoms with van der Waals surface area (Å²) in [6.07, 6.45) is -0.102. The molecule has 0 saturated carbocycles. The lowest BCUT2D eigenvalue weighted by Gasteiger charge is -2.26. The Morgan fingerprint density at radius 3 is 2.23 bits per heavy atom. The minimum absolute atomic E-state index is 0.137. The van der Waals surface area contributed by atoms with E-state index in [1.807, 2.05) is 6.92 Å². The molecule has 1 aliphatic rings. The van der Waals surface area contributed by atoms with E-state index < -0.39 is 18.1 Å². The number of carbonyl (C=O) groups is 3. The molecule has 0 spiro atoms. The zero-order valence-electron chi connectivity index (χ0n) is 15.2. The van der Waals surface area contributed by atoms with E-state index in [0.717, 1.165) is 5.56 Å². The summed E-state index contributed by atoms with van der Waals surface area (Å²) in [4.78, 5) is 39.2. The molecule has 0 radical (unpaired) electrons. The van der Waals surface area contributed by atoms with Crippen LogP contribution in [-0.4, -0.2) is 51.0 Å². The van der Waals surface area contributed by atoms with Gasteiger partial charge in [0.25, 0.3) is 5.91 Å². The number of benzene rings is 1. The van der Waals surface area contributed by atoms with Crippen LogP contribution in [0.5, 0.6) is 0 Å². The molecule has 3 atom stereocenters. The molecule has 1 aromatic rings. The quantitative estimate of drug-likeness (QED) is 0.757. The van der Waals surface area contributed by atoms with Crippen LogP contribution >= 0.6 is 12.2 Å². The molecule has 1 heterocycles. The molecule has 2 amide bonds. The number of thiocarbonyl (C=S) groups is 1. The number of nitrogens with one attached hydrogen (secondary N) is 1. The Morgan fingerprint density at radius 1 is 1.23 bits per heavy atom. The van der Waals surface area contributed by atoms with Crippen LogP contribution < -0.4 is 10.2 Å². The minimum atomic E-state index is -0.979. The second-order valence-electron chi connectivity index (χ2n) is 6.40. The van der Waals surface area contributed by atoms with Crippen molar-refractivity contribution < 1.29 is 19.5 Å². The van der Waals surface area contributed by atoms with E-state index in [2.05, 4.69) is 5.32 Å². The Morgan fingerprint density at radius 2 is 1.81 bits per heavy atom. The van der Waals surface area contributed by atoms with E-state index in [1.54, 1.807) is 47.9 Å². The molecule has 1 saturated heterocycles. The van der Waals surface area contributed by atoms with Gasteiger partial charge in [-0.25, -0.2) is 4.79 Å². The zero-order chi connectivity index (χ0) is 19.6. The number of amides is 2. The van der Waals surface area contributed by atoms with Gasteiger partial charge in [-0.1, -0.05) is 24.4 Å². The first-order valence-electron chi connectivity index (χ1n) is 8.34. The van der Waals surface area contributed by atoms with Crippen molar-refractivity contribution in [1.29, 1.82) is 0 Å². The van der Waals surface area contributed by atoms with Gasteiger partial charge in [-0.05, 0) is 38.5 Å². The summed E-state index contributed by atoms with van der Waals surface area (Å²) in [5.74, 6) is -1.27. The minimum Gasteiger partial charge on any atom is -0.480 e. The molecular formula is C18H23N3O4S. The topological polar surface area (TPSA) is 90.0 Å². The zero-order valence-corrected chi connectivity index (χ0v) is 16.0. The van der Waals surface area contributed by atoms with Crippen LogP contribution in [0.1, 0.15) is 33.3 Å². The maximum absolute atomic E-state index is 12.5. The Balaban J connectivity index is 2.19. The van der Waals surface area contributed by atoms with Gasteiger partial charge in [-0.3, -0.25) is 14.5 Å². The van der Waals surface area contributed by atoms with Crippen molar-refractivity contribution in [2.45, 2.75) is 52.4 Å². The van der Waals surface area contributed by atoms with Gasteiger partial charge in [-0.15, -0.1) is 0 Å². The summed E-state index contributed by atoms with van der Waals surface area (Å²) in [5.41, 5.74) is 1.48. The van der Waals surface area contributed by atoms with Crippen LogP contribution in [0, 0.1) is 0 Å². The van der Waals surface area contributed by atoms with E-state index in [1.165, 1.54) is 6.92 Å². The van der Waals surface area contributed by atoms with Gasteiger partial charge in [0, 0.05) is 19.0 Å². The highest BCUT2D eigenvalue weighted by molar-refractivity contribution is 7.80. The summed E-state index contributed by atoms with van der Waals surface area (Å²) in [5, 5.41) is 12.0. The molecule has 8 heteroatoms. The fraction of sp³-hybridized carbons (Fsp3) is 0.444. The highest BCUT2D eigenvalue weighted by Gasteiger charge is 2.43. The highest BCUT2D eigenvalue weighted by Crippen LogP contribution is 2.28. The third kappa shape index (κ3) is 4.01. The van der Waals surface area contributed by atoms with Crippen LogP contribution in [0.15, 0.2) is 24.3 Å². The van der Waals surface area contributed by atoms with Crippen LogP contribution in [0.2, 0.25) is 0 Å². The average Bonchev–Trinajstić information content (AvgIpc) is 2.77. The van der Waals surface area contributed by atoms with E-state index in [4.69, 9.17) is 12.2 Å². The van der Waals surface area contributed by atoms with E-state index in [9.17, 15) is 19.5 Å². The predicted octanol–water partition coefficient (Wildman–Crippen LogP) is 1.55. The van der Waals surface area contributed by atoms with Gasteiger partial charge in [0.2, 0.25) is 5.91 Å². The second kappa shape index (κ2) is 7.82. The molecule has 1 aromatic carbocycles. The van der Waals surface area contributed by atoms with Gasteiger partial charge in [-0.2, -0.15) is 0 Å². The number of carboxylic acids is 1. The van der Waals surface area contributed by atoms with Gasteiger partial charge in [0.1, 0.15) is 18.2 Å². The lowest BCUT2D eigenvalue weighted by Crippen LogP contribution is -2.41. The van der Waals surface area contributed by atoms with Crippen molar-refractivity contribution in [1.82, 2.24) is 10.2 Å². The number of anilines is 1. The molecule has 2 N–H and O–H groups in total. The summed E-state index contributed by atoms with van der Waals surface area (Å²) >= 11 is 4.92. The van der Waals surface area contributed by atoms with Gasteiger partial charge in [0.05, 0.1) is 4.99 Å². The molecule has 0 bridgehead atoms. The fourth-order valence-corrected chi connectivity index (χ4v) is 3.45. The molecule has 2 rings (SSSR count). The largest absolute Gasteiger partial charge is 0.480 e. The Bertz CT molecular complexity index is 734. The standard InChI is InChI=1S/C18H23N3O4S/c1-10-17(23)21(12(3)20(10)13(4)22)15-7-5-14(6-8-15)9-16(18(24)25)19-11(2)26/h5-8,10,12,16H,9H2,1-4H3,(H,19,26)(H,24,25). The van der Waals surface area contributed by atoms with Crippen LogP contribution in [-0.2, 0) is 20.8 Å². The summed E-state index contributed by atoms with van der Waals surface area (Å²) in [7, 11) is 0. The molecule has 140 valence electrons. The summed E-state index contributed by atoms with van der Waals surface area (Å²) in [6, 6.07) is 5.79. The number of hydrogen-bond donors (Lipinski definition) is 2. The summed E-state index contributed by atoms with van der Waals surface area (Å²) in [6.45, 7) is 6.61. The van der Waals surface area contributed by atoms with Crippen molar-refractivity contribution >= 4 is 40.7 Å². The molecule has 3 unspecified atom stereocenters. The number of rotatable bonds is 5. The third-order valence-corrected chi connectivity index (χ3v) is 4.60. The molecular weight excluding hydrogens is 354 g/mol. The van der Waals surface area contributed by atoms with Crippen molar-refractivity contribution in [3.05, 3.63) is 29.8 Å². The number of hydrogen-bond acceptors (Lipinski definition) is 4. The lowest BCUT2D eigenvalue weighted by atomic mass is 10.1. The smallest absolute Gasteiger partial charge is 0.326 e. The molecule has 1 aliphatic heterocycles. The van der Waals surface area contributed by atoms with Crippen molar-refractivity contribution in [2.24, 2.45) is 0 Å². The maximum atomic E-state index is 12.5. The maximum Gasteiger partial charge on any atom is 0.326 e. The number of carboxylic acid groups (broad SMARTS) is 1. The van der Waals surface area contributed by atoms with Crippen molar-refractivity contribution in [3.63, 3.8) is 0 Å². The van der Waals surface area contributed by atoms with Crippen molar-refractivity contribution in [3.8, 4) is 0 Å².